The Morgan fingerprint density at radius 1 is 1.09 bits per heavy atom. The summed E-state index contributed by atoms with van der Waals surface area (Å²) in [6.07, 6.45) is 1.24. The maximum absolute atomic E-state index is 13.5. The third-order valence-corrected chi connectivity index (χ3v) is 5.96. The zero-order valence-electron chi connectivity index (χ0n) is 17.1. The maximum atomic E-state index is 13.5. The number of hydrogen-bond acceptors (Lipinski definition) is 6. The van der Waals surface area contributed by atoms with Crippen LogP contribution in [0.2, 0.25) is 5.02 Å². The van der Waals surface area contributed by atoms with E-state index in [1.807, 2.05) is 0 Å². The van der Waals surface area contributed by atoms with Gasteiger partial charge in [0.15, 0.2) is 23.2 Å². The van der Waals surface area contributed by atoms with E-state index in [9.17, 15) is 22.8 Å². The van der Waals surface area contributed by atoms with E-state index in [1.165, 1.54) is 20.3 Å². The SMILES string of the molecule is COc1cc(OC)c2c(c1Cl)O[C@@]1(C(=O)C=C(Nc3cc(F)c(F)c(F)c3)C[C@H]1C)C2=O. The van der Waals surface area contributed by atoms with Crippen LogP contribution in [0, 0.1) is 23.4 Å². The van der Waals surface area contributed by atoms with Gasteiger partial charge in [-0.2, -0.15) is 0 Å². The van der Waals surface area contributed by atoms with E-state index in [2.05, 4.69) is 5.32 Å². The Labute approximate surface area is 185 Å². The lowest BCUT2D eigenvalue weighted by molar-refractivity contribution is -0.129. The zero-order valence-corrected chi connectivity index (χ0v) is 17.9. The first-order valence-corrected chi connectivity index (χ1v) is 9.86. The third-order valence-electron chi connectivity index (χ3n) is 5.60. The van der Waals surface area contributed by atoms with Gasteiger partial charge in [0.1, 0.15) is 22.1 Å². The number of ketones is 2. The number of benzene rings is 2. The van der Waals surface area contributed by atoms with Gasteiger partial charge in [-0.15, -0.1) is 0 Å². The molecule has 32 heavy (non-hydrogen) atoms. The van der Waals surface area contributed by atoms with Gasteiger partial charge in [-0.3, -0.25) is 9.59 Å². The quantitative estimate of drug-likeness (QED) is 0.519. The van der Waals surface area contributed by atoms with Gasteiger partial charge in [0.2, 0.25) is 17.2 Å². The summed E-state index contributed by atoms with van der Waals surface area (Å²) in [6.45, 7) is 1.62. The number of hydrogen-bond donors (Lipinski definition) is 1. The van der Waals surface area contributed by atoms with Crippen molar-refractivity contribution in [2.75, 3.05) is 19.5 Å². The summed E-state index contributed by atoms with van der Waals surface area (Å²) in [7, 11) is 2.74. The average molecular weight is 468 g/mol. The van der Waals surface area contributed by atoms with Crippen molar-refractivity contribution >= 4 is 28.9 Å². The summed E-state index contributed by atoms with van der Waals surface area (Å²) < 4.78 is 56.6. The molecule has 2 aromatic rings. The molecule has 0 unspecified atom stereocenters. The number of ether oxygens (including phenoxy) is 3. The Kier molecular flexibility index (Phi) is 5.32. The van der Waals surface area contributed by atoms with E-state index >= 15 is 0 Å². The van der Waals surface area contributed by atoms with E-state index < -0.39 is 40.5 Å². The van der Waals surface area contributed by atoms with Gasteiger partial charge in [0, 0.05) is 41.6 Å². The second kappa shape index (κ2) is 7.74. The Bertz CT molecular complexity index is 1180. The minimum atomic E-state index is -1.88. The van der Waals surface area contributed by atoms with Crippen molar-refractivity contribution in [2.45, 2.75) is 18.9 Å². The number of methoxy groups -OCH3 is 2. The van der Waals surface area contributed by atoms with Crippen molar-refractivity contribution in [2.24, 2.45) is 5.92 Å². The van der Waals surface area contributed by atoms with E-state index in [0.717, 1.165) is 18.2 Å². The fourth-order valence-corrected chi connectivity index (χ4v) is 4.29. The van der Waals surface area contributed by atoms with Crippen LogP contribution in [0.3, 0.4) is 0 Å². The molecule has 168 valence electrons. The molecule has 1 aliphatic heterocycles. The normalized spacial score (nSPS) is 21.8. The molecule has 0 aromatic heterocycles. The van der Waals surface area contributed by atoms with Gasteiger partial charge < -0.3 is 19.5 Å². The summed E-state index contributed by atoms with van der Waals surface area (Å²) in [5.74, 6) is -5.99. The Morgan fingerprint density at radius 3 is 2.28 bits per heavy atom. The van der Waals surface area contributed by atoms with Crippen LogP contribution in [0.4, 0.5) is 18.9 Å². The highest BCUT2D eigenvalue weighted by molar-refractivity contribution is 6.36. The van der Waals surface area contributed by atoms with E-state index in [1.54, 1.807) is 6.92 Å². The molecule has 6 nitrogen and oxygen atoms in total. The molecule has 2 aliphatic rings. The highest BCUT2D eigenvalue weighted by atomic mass is 35.5. The predicted molar refractivity (Wildman–Crippen MR) is 109 cm³/mol. The molecule has 0 amide bonds. The average Bonchev–Trinajstić information content (AvgIpc) is 3.06. The van der Waals surface area contributed by atoms with Crippen LogP contribution in [0.1, 0.15) is 23.7 Å². The molecule has 1 heterocycles. The molecule has 0 fully saturated rings. The monoisotopic (exact) mass is 467 g/mol. The first kappa shape index (κ1) is 22.0. The van der Waals surface area contributed by atoms with Crippen LogP contribution in [-0.4, -0.2) is 31.4 Å². The second-order valence-corrected chi connectivity index (χ2v) is 7.86. The fourth-order valence-electron chi connectivity index (χ4n) is 4.03. The van der Waals surface area contributed by atoms with E-state index in [4.69, 9.17) is 25.8 Å². The number of fused-ring (bicyclic) bond motifs is 1. The molecule has 10 heteroatoms. The molecule has 2 atom stereocenters. The Hall–Kier alpha value is -3.20. The van der Waals surface area contributed by atoms with Gasteiger partial charge in [-0.1, -0.05) is 18.5 Å². The number of carbonyl (C=O) groups is 2. The number of nitrogens with one attached hydrogen (secondary N) is 1. The highest BCUT2D eigenvalue weighted by Crippen LogP contribution is 2.53. The highest BCUT2D eigenvalue weighted by Gasteiger charge is 2.60. The van der Waals surface area contributed by atoms with Crippen LogP contribution < -0.4 is 19.5 Å². The fraction of sp³-hybridized carbons (Fsp3) is 0.273. The van der Waals surface area contributed by atoms with Gasteiger partial charge in [-0.25, -0.2) is 13.2 Å². The number of rotatable bonds is 4. The Balaban J connectivity index is 1.72. The zero-order chi connectivity index (χ0) is 23.4. The van der Waals surface area contributed by atoms with E-state index in [-0.39, 0.29) is 45.6 Å². The lowest BCUT2D eigenvalue weighted by atomic mass is 9.74. The molecular weight excluding hydrogens is 451 g/mol. The van der Waals surface area contributed by atoms with Crippen LogP contribution in [0.5, 0.6) is 17.2 Å². The lowest BCUT2D eigenvalue weighted by Crippen LogP contribution is -2.55. The number of Topliss-reactive ketones (excluding diaryl/α,β-unsaturated/α-hetero) is 1. The van der Waals surface area contributed by atoms with Crippen molar-refractivity contribution in [3.05, 3.63) is 58.0 Å². The van der Waals surface area contributed by atoms with Crippen LogP contribution >= 0.6 is 11.6 Å². The molecule has 1 aliphatic carbocycles. The van der Waals surface area contributed by atoms with Crippen molar-refractivity contribution < 1.29 is 37.0 Å². The molecule has 1 spiro atoms. The van der Waals surface area contributed by atoms with Gasteiger partial charge in [-0.05, 0) is 6.42 Å². The topological polar surface area (TPSA) is 73.9 Å². The second-order valence-electron chi connectivity index (χ2n) is 7.48. The number of halogens is 4. The molecular formula is C22H17ClF3NO5. The predicted octanol–water partition coefficient (Wildman–Crippen LogP) is 4.69. The molecule has 2 aromatic carbocycles. The molecule has 0 bridgehead atoms. The standard InChI is InChI=1S/C22H17ClF3NO5/c1-9-4-10(27-11-5-12(24)19(26)13(25)6-11)7-16(28)22(9)21(29)17-14(30-2)8-15(31-3)18(23)20(17)32-22/h5-9,27H,4H2,1-3H3/t9-,22+/m1/s1. The number of carbonyl (C=O) groups excluding carboxylic acids is 2. The smallest absolute Gasteiger partial charge is 0.236 e. The first-order valence-electron chi connectivity index (χ1n) is 9.48. The molecule has 0 radical (unpaired) electrons. The lowest BCUT2D eigenvalue weighted by Gasteiger charge is -2.35. The summed E-state index contributed by atoms with van der Waals surface area (Å²) in [6, 6.07) is 2.96. The summed E-state index contributed by atoms with van der Waals surface area (Å²) in [5, 5.41) is 2.73. The van der Waals surface area contributed by atoms with Crippen LogP contribution in [-0.2, 0) is 4.79 Å². The maximum Gasteiger partial charge on any atom is 0.236 e. The van der Waals surface area contributed by atoms with Crippen molar-refractivity contribution in [3.8, 4) is 17.2 Å². The largest absolute Gasteiger partial charge is 0.496 e. The van der Waals surface area contributed by atoms with E-state index in [0.29, 0.717) is 0 Å². The minimum Gasteiger partial charge on any atom is -0.496 e. The van der Waals surface area contributed by atoms with Gasteiger partial charge in [0.25, 0.3) is 0 Å². The summed E-state index contributed by atoms with van der Waals surface area (Å²) in [5.41, 5.74) is -1.65. The van der Waals surface area contributed by atoms with Gasteiger partial charge >= 0.3 is 0 Å². The Morgan fingerprint density at radius 2 is 1.72 bits per heavy atom. The number of allylic oxidation sites excluding steroid dienone is 1. The molecule has 1 N–H and O–H groups in total. The number of anilines is 1. The summed E-state index contributed by atoms with van der Waals surface area (Å²) in [4.78, 5) is 26.6. The summed E-state index contributed by atoms with van der Waals surface area (Å²) >= 11 is 6.33. The first-order chi connectivity index (χ1) is 15.1. The molecule has 4 rings (SSSR count). The van der Waals surface area contributed by atoms with Gasteiger partial charge in [0.05, 0.1) is 14.2 Å². The molecule has 0 saturated carbocycles. The minimum absolute atomic E-state index is 0.0134. The van der Waals surface area contributed by atoms with Crippen molar-refractivity contribution in [1.82, 2.24) is 0 Å². The van der Waals surface area contributed by atoms with Crippen molar-refractivity contribution in [1.29, 1.82) is 0 Å². The van der Waals surface area contributed by atoms with Crippen molar-refractivity contribution in [3.63, 3.8) is 0 Å². The third kappa shape index (κ3) is 3.10. The van der Waals surface area contributed by atoms with Crippen LogP contribution in [0.25, 0.3) is 0 Å². The molecule has 0 saturated heterocycles. The van der Waals surface area contributed by atoms with Crippen LogP contribution in [0.15, 0.2) is 30.0 Å².